The number of rotatable bonds is 10. The first-order chi connectivity index (χ1) is 13.9. The van der Waals surface area contributed by atoms with Crippen LogP contribution >= 0.6 is 0 Å². The van der Waals surface area contributed by atoms with Gasteiger partial charge in [0.2, 0.25) is 11.8 Å². The zero-order valence-corrected chi connectivity index (χ0v) is 17.7. The van der Waals surface area contributed by atoms with Gasteiger partial charge in [0.25, 0.3) is 0 Å². The van der Waals surface area contributed by atoms with Crippen LogP contribution in [0, 0.1) is 11.8 Å². The molecule has 0 radical (unpaired) electrons. The van der Waals surface area contributed by atoms with Crippen molar-refractivity contribution < 1.29 is 29.0 Å². The molecular formula is C21H34N2O6. The molecule has 164 valence electrons. The summed E-state index contributed by atoms with van der Waals surface area (Å²) in [6.45, 7) is 6.40. The number of ether oxygens (including phenoxy) is 2. The minimum Gasteiger partial charge on any atom is -0.466 e. The van der Waals surface area contributed by atoms with E-state index in [1.54, 1.807) is 11.8 Å². The fourth-order valence-electron chi connectivity index (χ4n) is 5.42. The van der Waals surface area contributed by atoms with E-state index in [4.69, 9.17) is 14.6 Å². The Labute approximate surface area is 172 Å². The average molecular weight is 411 g/mol. The second-order valence-corrected chi connectivity index (χ2v) is 8.47. The summed E-state index contributed by atoms with van der Waals surface area (Å²) >= 11 is 0. The number of hydrogen-bond donors (Lipinski definition) is 2. The lowest BCUT2D eigenvalue weighted by atomic mass is 9.70. The Hall–Kier alpha value is -1.67. The number of aliphatic hydroxyl groups excluding tert-OH is 1. The topological polar surface area (TPSA) is 105 Å². The lowest BCUT2D eigenvalue weighted by Crippen LogP contribution is -2.56. The van der Waals surface area contributed by atoms with E-state index in [9.17, 15) is 14.4 Å². The SMILES string of the molecule is CCCC(C)NC(=O)C1N(CCCCO)C(=O)[C@@H]2[C@@H](C(=O)OCC)[C@H]3CCC12O3. The van der Waals surface area contributed by atoms with Gasteiger partial charge in [-0.2, -0.15) is 0 Å². The van der Waals surface area contributed by atoms with Gasteiger partial charge in [0.15, 0.2) is 0 Å². The molecule has 0 saturated carbocycles. The summed E-state index contributed by atoms with van der Waals surface area (Å²) in [5.74, 6) is -2.15. The van der Waals surface area contributed by atoms with Crippen LogP contribution in [-0.2, 0) is 23.9 Å². The van der Waals surface area contributed by atoms with Crippen molar-refractivity contribution in [2.45, 2.75) is 83.1 Å². The number of likely N-dealkylation sites (tertiary alicyclic amines) is 1. The molecule has 3 rings (SSSR count). The van der Waals surface area contributed by atoms with E-state index in [-0.39, 0.29) is 37.2 Å². The van der Waals surface area contributed by atoms with Gasteiger partial charge in [-0.3, -0.25) is 14.4 Å². The number of unbranched alkanes of at least 4 members (excludes halogenated alkanes) is 1. The van der Waals surface area contributed by atoms with Crippen LogP contribution < -0.4 is 5.32 Å². The number of aliphatic hydroxyl groups is 1. The monoisotopic (exact) mass is 410 g/mol. The number of carbonyl (C=O) groups excluding carboxylic acids is 3. The summed E-state index contributed by atoms with van der Waals surface area (Å²) in [4.78, 5) is 40.9. The molecule has 2 amide bonds. The number of amides is 2. The van der Waals surface area contributed by atoms with Crippen LogP contribution in [0.15, 0.2) is 0 Å². The summed E-state index contributed by atoms with van der Waals surface area (Å²) < 4.78 is 11.5. The summed E-state index contributed by atoms with van der Waals surface area (Å²) in [7, 11) is 0. The molecule has 0 aliphatic carbocycles. The van der Waals surface area contributed by atoms with E-state index < -0.39 is 29.4 Å². The minimum absolute atomic E-state index is 0.00296. The van der Waals surface area contributed by atoms with E-state index in [2.05, 4.69) is 12.2 Å². The molecule has 8 nitrogen and oxygen atoms in total. The molecule has 3 saturated heterocycles. The Morgan fingerprint density at radius 1 is 1.38 bits per heavy atom. The molecular weight excluding hydrogens is 376 g/mol. The fraction of sp³-hybridized carbons (Fsp3) is 0.857. The first-order valence-corrected chi connectivity index (χ1v) is 11.0. The minimum atomic E-state index is -0.964. The van der Waals surface area contributed by atoms with Crippen LogP contribution in [0.1, 0.15) is 59.3 Å². The van der Waals surface area contributed by atoms with Gasteiger partial charge < -0.3 is 24.8 Å². The maximum Gasteiger partial charge on any atom is 0.312 e. The van der Waals surface area contributed by atoms with Gasteiger partial charge in [-0.15, -0.1) is 0 Å². The van der Waals surface area contributed by atoms with E-state index in [1.807, 2.05) is 6.92 Å². The van der Waals surface area contributed by atoms with Gasteiger partial charge in [-0.25, -0.2) is 0 Å². The number of nitrogens with one attached hydrogen (secondary N) is 1. The summed E-state index contributed by atoms with van der Waals surface area (Å²) in [5.41, 5.74) is -0.964. The molecule has 2 N–H and O–H groups in total. The van der Waals surface area contributed by atoms with Crippen molar-refractivity contribution in [3.63, 3.8) is 0 Å². The maximum absolute atomic E-state index is 13.4. The molecule has 3 aliphatic heterocycles. The van der Waals surface area contributed by atoms with Crippen LogP contribution in [0.3, 0.4) is 0 Å². The van der Waals surface area contributed by atoms with Gasteiger partial charge in [0.1, 0.15) is 11.6 Å². The molecule has 1 spiro atoms. The molecule has 3 fully saturated rings. The van der Waals surface area contributed by atoms with E-state index >= 15 is 0 Å². The Balaban J connectivity index is 1.90. The van der Waals surface area contributed by atoms with Crippen molar-refractivity contribution in [3.05, 3.63) is 0 Å². The van der Waals surface area contributed by atoms with Gasteiger partial charge in [0.05, 0.1) is 24.5 Å². The van der Waals surface area contributed by atoms with Crippen molar-refractivity contribution in [2.24, 2.45) is 11.8 Å². The highest BCUT2D eigenvalue weighted by molar-refractivity contribution is 5.98. The van der Waals surface area contributed by atoms with Crippen LogP contribution in [0.2, 0.25) is 0 Å². The Kier molecular flexibility index (Phi) is 6.83. The van der Waals surface area contributed by atoms with Crippen molar-refractivity contribution in [1.29, 1.82) is 0 Å². The molecule has 0 aromatic carbocycles. The molecule has 3 heterocycles. The highest BCUT2D eigenvalue weighted by Crippen LogP contribution is 2.58. The lowest BCUT2D eigenvalue weighted by molar-refractivity contribution is -0.154. The number of carbonyl (C=O) groups is 3. The molecule has 2 bridgehead atoms. The van der Waals surface area contributed by atoms with Gasteiger partial charge in [-0.05, 0) is 46.0 Å². The van der Waals surface area contributed by atoms with Crippen molar-refractivity contribution in [2.75, 3.05) is 19.8 Å². The first-order valence-electron chi connectivity index (χ1n) is 11.0. The third-order valence-electron chi connectivity index (χ3n) is 6.52. The summed E-state index contributed by atoms with van der Waals surface area (Å²) in [5, 5.41) is 12.2. The quantitative estimate of drug-likeness (QED) is 0.411. The van der Waals surface area contributed by atoms with Crippen molar-refractivity contribution in [3.8, 4) is 0 Å². The third kappa shape index (κ3) is 3.77. The van der Waals surface area contributed by atoms with E-state index in [0.717, 1.165) is 12.8 Å². The third-order valence-corrected chi connectivity index (χ3v) is 6.52. The van der Waals surface area contributed by atoms with E-state index in [0.29, 0.717) is 32.2 Å². The maximum atomic E-state index is 13.4. The zero-order valence-electron chi connectivity index (χ0n) is 17.7. The zero-order chi connectivity index (χ0) is 21.2. The molecule has 0 aromatic rings. The molecule has 6 atom stereocenters. The van der Waals surface area contributed by atoms with Crippen molar-refractivity contribution in [1.82, 2.24) is 10.2 Å². The van der Waals surface area contributed by atoms with Gasteiger partial charge >= 0.3 is 5.97 Å². The summed E-state index contributed by atoms with van der Waals surface area (Å²) in [6.07, 6.45) is 3.79. The Bertz CT molecular complexity index is 641. The summed E-state index contributed by atoms with van der Waals surface area (Å²) in [6, 6.07) is -0.751. The highest BCUT2D eigenvalue weighted by atomic mass is 16.6. The standard InChI is InChI=1S/C21H34N2O6/c1-4-8-13(3)22-18(25)17-21-10-9-14(29-21)15(20(27)28-5-2)16(21)19(26)23(17)11-6-7-12-24/h13-17,24H,4-12H2,1-3H3,(H,22,25)/t13?,14-,15+,16+,17?,21?/m1/s1. The fourth-order valence-corrected chi connectivity index (χ4v) is 5.42. The smallest absolute Gasteiger partial charge is 0.312 e. The van der Waals surface area contributed by atoms with Crippen LogP contribution in [0.5, 0.6) is 0 Å². The second kappa shape index (κ2) is 9.00. The molecule has 8 heteroatoms. The van der Waals surface area contributed by atoms with Gasteiger partial charge in [-0.1, -0.05) is 13.3 Å². The predicted octanol–water partition coefficient (Wildman–Crippen LogP) is 1.00. The number of hydrogen-bond acceptors (Lipinski definition) is 6. The first kappa shape index (κ1) is 22.0. The molecule has 0 aromatic heterocycles. The second-order valence-electron chi connectivity index (χ2n) is 8.47. The number of esters is 1. The van der Waals surface area contributed by atoms with Gasteiger partial charge in [0, 0.05) is 19.2 Å². The van der Waals surface area contributed by atoms with E-state index in [1.165, 1.54) is 0 Å². The normalized spacial score (nSPS) is 33.7. The van der Waals surface area contributed by atoms with Crippen molar-refractivity contribution >= 4 is 17.8 Å². The lowest BCUT2D eigenvalue weighted by Gasteiger charge is -2.34. The molecule has 3 unspecified atom stereocenters. The van der Waals surface area contributed by atoms with Crippen LogP contribution in [-0.4, -0.2) is 71.3 Å². The highest BCUT2D eigenvalue weighted by Gasteiger charge is 2.74. The predicted molar refractivity (Wildman–Crippen MR) is 105 cm³/mol. The Morgan fingerprint density at radius 3 is 2.79 bits per heavy atom. The molecule has 3 aliphatic rings. The average Bonchev–Trinajstić information content (AvgIpc) is 3.30. The number of nitrogens with zero attached hydrogens (tertiary/aromatic N) is 1. The van der Waals surface area contributed by atoms with Crippen LogP contribution in [0.25, 0.3) is 0 Å². The Morgan fingerprint density at radius 2 is 2.14 bits per heavy atom. The largest absolute Gasteiger partial charge is 0.466 e. The number of fused-ring (bicyclic) bond motifs is 1. The van der Waals surface area contributed by atoms with Crippen LogP contribution in [0.4, 0.5) is 0 Å². The molecule has 29 heavy (non-hydrogen) atoms.